The summed E-state index contributed by atoms with van der Waals surface area (Å²) in [4.78, 5) is 13.5. The molecule has 0 saturated carbocycles. The van der Waals surface area contributed by atoms with Crippen molar-refractivity contribution >= 4 is 11.6 Å². The molecule has 0 spiro atoms. The molecular weight excluding hydrogens is 192 g/mol. The Kier molecular flexibility index (Phi) is 2.60. The molecule has 0 fully saturated rings. The smallest absolute Gasteiger partial charge is 0.243 e. The molecule has 0 unspecified atom stereocenters. The number of ether oxygens (including phenoxy) is 1. The largest absolute Gasteiger partial charge is 0.490 e. The molecule has 1 aliphatic rings. The molecule has 2 rings (SSSR count). The van der Waals surface area contributed by atoms with Crippen molar-refractivity contribution in [2.75, 3.05) is 18.1 Å². The van der Waals surface area contributed by atoms with Gasteiger partial charge in [-0.1, -0.05) is 12.1 Å². The highest BCUT2D eigenvalue weighted by Gasteiger charge is 2.24. The lowest BCUT2D eigenvalue weighted by Crippen LogP contribution is -2.45. The Morgan fingerprint density at radius 3 is 3.00 bits per heavy atom. The number of fused-ring (bicyclic) bond motifs is 1. The van der Waals surface area contributed by atoms with Crippen LogP contribution in [0.2, 0.25) is 0 Å². The van der Waals surface area contributed by atoms with Gasteiger partial charge in [0.05, 0.1) is 18.3 Å². The molecule has 1 atom stereocenters. The molecule has 0 radical (unpaired) electrons. The van der Waals surface area contributed by atoms with Crippen molar-refractivity contribution in [3.05, 3.63) is 24.3 Å². The second-order valence-electron chi connectivity index (χ2n) is 3.59. The first-order chi connectivity index (χ1) is 7.20. The van der Waals surface area contributed by atoms with E-state index in [0.29, 0.717) is 13.2 Å². The first kappa shape index (κ1) is 9.98. The fraction of sp³-hybridized carbons (Fsp3) is 0.364. The van der Waals surface area contributed by atoms with Crippen molar-refractivity contribution in [2.45, 2.75) is 13.0 Å². The fourth-order valence-corrected chi connectivity index (χ4v) is 1.64. The molecule has 1 aliphatic heterocycles. The average Bonchev–Trinajstić information content (AvgIpc) is 2.27. The molecule has 1 heterocycles. The van der Waals surface area contributed by atoms with Crippen molar-refractivity contribution in [1.29, 1.82) is 0 Å². The van der Waals surface area contributed by atoms with E-state index in [9.17, 15) is 4.79 Å². The van der Waals surface area contributed by atoms with Crippen LogP contribution in [0.5, 0.6) is 5.75 Å². The van der Waals surface area contributed by atoms with E-state index < -0.39 is 6.04 Å². The van der Waals surface area contributed by atoms with Gasteiger partial charge in [-0.15, -0.1) is 0 Å². The zero-order valence-electron chi connectivity index (χ0n) is 8.64. The molecule has 80 valence electrons. The van der Waals surface area contributed by atoms with Crippen LogP contribution in [0, 0.1) is 0 Å². The van der Waals surface area contributed by atoms with E-state index >= 15 is 0 Å². The number of hydrogen-bond acceptors (Lipinski definition) is 3. The number of rotatable bonds is 1. The third-order valence-corrected chi connectivity index (χ3v) is 2.38. The maximum atomic E-state index is 11.8. The molecule has 4 heteroatoms. The predicted molar refractivity (Wildman–Crippen MR) is 57.9 cm³/mol. The molecular formula is C11H14N2O2. The van der Waals surface area contributed by atoms with Crippen molar-refractivity contribution < 1.29 is 9.53 Å². The number of nitrogens with two attached hydrogens (primary N) is 1. The third-order valence-electron chi connectivity index (χ3n) is 2.38. The standard InChI is InChI=1S/C11H14N2O2/c1-8(12)11(14)13-6-7-15-10-5-3-2-4-9(10)13/h2-5,8H,6-7,12H2,1H3/t8-/m0/s1. The fourth-order valence-electron chi connectivity index (χ4n) is 1.64. The minimum Gasteiger partial charge on any atom is -0.490 e. The zero-order chi connectivity index (χ0) is 10.8. The van der Waals surface area contributed by atoms with Gasteiger partial charge in [-0.05, 0) is 19.1 Å². The van der Waals surface area contributed by atoms with Crippen LogP contribution in [0.3, 0.4) is 0 Å². The minimum atomic E-state index is -0.476. The quantitative estimate of drug-likeness (QED) is 0.738. The second-order valence-corrected chi connectivity index (χ2v) is 3.59. The molecule has 15 heavy (non-hydrogen) atoms. The Balaban J connectivity index is 2.34. The van der Waals surface area contributed by atoms with Crippen molar-refractivity contribution in [1.82, 2.24) is 0 Å². The number of para-hydroxylation sites is 2. The number of carbonyl (C=O) groups is 1. The lowest BCUT2D eigenvalue weighted by atomic mass is 10.2. The van der Waals surface area contributed by atoms with E-state index in [2.05, 4.69) is 0 Å². The Labute approximate surface area is 88.6 Å². The normalized spacial score (nSPS) is 16.5. The summed E-state index contributed by atoms with van der Waals surface area (Å²) in [6.45, 7) is 2.78. The second kappa shape index (κ2) is 3.90. The van der Waals surface area contributed by atoms with Gasteiger partial charge in [0.15, 0.2) is 0 Å². The predicted octanol–water partition coefficient (Wildman–Crippen LogP) is 0.759. The highest BCUT2D eigenvalue weighted by Crippen LogP contribution is 2.30. The summed E-state index contributed by atoms with van der Waals surface area (Å²) in [6, 6.07) is 7.02. The summed E-state index contributed by atoms with van der Waals surface area (Å²) in [7, 11) is 0. The Bertz CT molecular complexity index is 377. The van der Waals surface area contributed by atoms with Gasteiger partial charge in [0.2, 0.25) is 5.91 Å². The van der Waals surface area contributed by atoms with Gasteiger partial charge in [-0.25, -0.2) is 0 Å². The van der Waals surface area contributed by atoms with Gasteiger partial charge in [0.1, 0.15) is 12.4 Å². The Hall–Kier alpha value is -1.55. The first-order valence-corrected chi connectivity index (χ1v) is 4.99. The summed E-state index contributed by atoms with van der Waals surface area (Å²) < 4.78 is 5.45. The van der Waals surface area contributed by atoms with E-state index in [1.807, 2.05) is 24.3 Å². The van der Waals surface area contributed by atoms with Crippen LogP contribution in [0.1, 0.15) is 6.92 Å². The van der Waals surface area contributed by atoms with Gasteiger partial charge >= 0.3 is 0 Å². The molecule has 0 saturated heterocycles. The van der Waals surface area contributed by atoms with Crippen LogP contribution in [-0.2, 0) is 4.79 Å². The molecule has 1 aromatic carbocycles. The number of nitrogens with zero attached hydrogens (tertiary/aromatic N) is 1. The highest BCUT2D eigenvalue weighted by atomic mass is 16.5. The summed E-state index contributed by atoms with van der Waals surface area (Å²) >= 11 is 0. The molecule has 2 N–H and O–H groups in total. The van der Waals surface area contributed by atoms with E-state index in [4.69, 9.17) is 10.5 Å². The number of amides is 1. The van der Waals surface area contributed by atoms with Crippen LogP contribution < -0.4 is 15.4 Å². The van der Waals surface area contributed by atoms with Gasteiger partial charge in [-0.3, -0.25) is 4.79 Å². The van der Waals surface area contributed by atoms with Gasteiger partial charge < -0.3 is 15.4 Å². The number of hydrogen-bond donors (Lipinski definition) is 1. The van der Waals surface area contributed by atoms with E-state index in [0.717, 1.165) is 11.4 Å². The summed E-state index contributed by atoms with van der Waals surface area (Å²) in [5.74, 6) is 0.684. The Morgan fingerprint density at radius 1 is 1.53 bits per heavy atom. The molecule has 1 amide bonds. The van der Waals surface area contributed by atoms with E-state index in [1.54, 1.807) is 11.8 Å². The van der Waals surface area contributed by atoms with Crippen LogP contribution in [-0.4, -0.2) is 25.1 Å². The molecule has 1 aromatic rings. The number of carbonyl (C=O) groups excluding carboxylic acids is 1. The maximum Gasteiger partial charge on any atom is 0.243 e. The van der Waals surface area contributed by atoms with Crippen molar-refractivity contribution in [3.8, 4) is 5.75 Å². The molecule has 4 nitrogen and oxygen atoms in total. The monoisotopic (exact) mass is 206 g/mol. The van der Waals surface area contributed by atoms with Gasteiger partial charge in [-0.2, -0.15) is 0 Å². The number of benzene rings is 1. The van der Waals surface area contributed by atoms with Crippen LogP contribution >= 0.6 is 0 Å². The van der Waals surface area contributed by atoms with Gasteiger partial charge in [0.25, 0.3) is 0 Å². The van der Waals surface area contributed by atoms with Crippen molar-refractivity contribution in [2.24, 2.45) is 5.73 Å². The third kappa shape index (κ3) is 1.80. The lowest BCUT2D eigenvalue weighted by molar-refractivity contribution is -0.119. The molecule has 0 bridgehead atoms. The number of anilines is 1. The van der Waals surface area contributed by atoms with E-state index in [-0.39, 0.29) is 5.91 Å². The maximum absolute atomic E-state index is 11.8. The van der Waals surface area contributed by atoms with Gasteiger partial charge in [0, 0.05) is 0 Å². The summed E-state index contributed by atoms with van der Waals surface area (Å²) in [6.07, 6.45) is 0. The zero-order valence-corrected chi connectivity index (χ0v) is 8.64. The summed E-state index contributed by atoms with van der Waals surface area (Å²) in [5, 5.41) is 0. The topological polar surface area (TPSA) is 55.6 Å². The minimum absolute atomic E-state index is 0.0641. The Morgan fingerprint density at radius 2 is 2.27 bits per heavy atom. The van der Waals surface area contributed by atoms with Crippen LogP contribution in [0.25, 0.3) is 0 Å². The highest BCUT2D eigenvalue weighted by molar-refractivity contribution is 5.98. The van der Waals surface area contributed by atoms with Crippen molar-refractivity contribution in [3.63, 3.8) is 0 Å². The molecule has 0 aliphatic carbocycles. The molecule has 0 aromatic heterocycles. The first-order valence-electron chi connectivity index (χ1n) is 4.99. The average molecular weight is 206 g/mol. The van der Waals surface area contributed by atoms with E-state index in [1.165, 1.54) is 0 Å². The van der Waals surface area contributed by atoms with Crippen LogP contribution in [0.15, 0.2) is 24.3 Å². The lowest BCUT2D eigenvalue weighted by Gasteiger charge is -2.30. The van der Waals surface area contributed by atoms with Crippen LogP contribution in [0.4, 0.5) is 5.69 Å². The summed E-state index contributed by atoms with van der Waals surface area (Å²) in [5.41, 5.74) is 6.40. The SMILES string of the molecule is C[C@H](N)C(=O)N1CCOc2ccccc21.